The van der Waals surface area contributed by atoms with Crippen LogP contribution < -0.4 is 9.47 Å². The van der Waals surface area contributed by atoms with Crippen molar-refractivity contribution < 1.29 is 14.4 Å². The van der Waals surface area contributed by atoms with Crippen molar-refractivity contribution in [2.45, 2.75) is 0 Å². The second kappa shape index (κ2) is 3.45. The number of hydrogen-bond donors (Lipinski definition) is 0. The average Bonchev–Trinajstić information content (AvgIpc) is 2.18. The highest BCUT2D eigenvalue weighted by Crippen LogP contribution is 2.43. The Balaban J connectivity index is 2.59. The minimum atomic E-state index is -0.486. The summed E-state index contributed by atoms with van der Waals surface area (Å²) in [5, 5.41) is 10.6. The molecule has 1 aliphatic heterocycles. The van der Waals surface area contributed by atoms with Crippen molar-refractivity contribution in [2.24, 2.45) is 0 Å². The van der Waals surface area contributed by atoms with Crippen molar-refractivity contribution in [1.29, 1.82) is 0 Å². The predicted molar refractivity (Wildman–Crippen MR) is 51.8 cm³/mol. The molecule has 0 bridgehead atoms. The van der Waals surface area contributed by atoms with Crippen LogP contribution in [0, 0.1) is 10.1 Å². The number of rotatable bonds is 1. The first kappa shape index (κ1) is 9.26. The van der Waals surface area contributed by atoms with E-state index < -0.39 is 4.92 Å². The molecule has 0 aromatic heterocycles. The Bertz CT molecular complexity index is 393. The minimum Gasteiger partial charge on any atom is -0.485 e. The fourth-order valence-electron chi connectivity index (χ4n) is 1.23. The van der Waals surface area contributed by atoms with E-state index >= 15 is 0 Å². The summed E-state index contributed by atoms with van der Waals surface area (Å²) in [7, 11) is 0. The lowest BCUT2D eigenvalue weighted by molar-refractivity contribution is -0.386. The molecule has 5 nitrogen and oxygen atoms in total. The van der Waals surface area contributed by atoms with Crippen molar-refractivity contribution in [3.8, 4) is 11.5 Å². The first-order valence-corrected chi connectivity index (χ1v) is 4.72. The third kappa shape index (κ3) is 1.41. The summed E-state index contributed by atoms with van der Waals surface area (Å²) in [6.07, 6.45) is 0. The molecule has 0 spiro atoms. The summed E-state index contributed by atoms with van der Waals surface area (Å²) in [5.41, 5.74) is -0.0668. The van der Waals surface area contributed by atoms with Crippen LogP contribution in [0.2, 0.25) is 0 Å². The third-order valence-electron chi connectivity index (χ3n) is 1.82. The fraction of sp³-hybridized carbons (Fsp3) is 0.250. The van der Waals surface area contributed by atoms with Crippen molar-refractivity contribution in [3.05, 3.63) is 26.7 Å². The van der Waals surface area contributed by atoms with E-state index in [-0.39, 0.29) is 11.4 Å². The number of fused-ring (bicyclic) bond motifs is 1. The van der Waals surface area contributed by atoms with Gasteiger partial charge < -0.3 is 9.47 Å². The summed E-state index contributed by atoms with van der Waals surface area (Å²) in [5.74, 6) is 0.612. The number of halogens is 1. The first-order valence-electron chi connectivity index (χ1n) is 3.92. The highest BCUT2D eigenvalue weighted by molar-refractivity contribution is 9.10. The Morgan fingerprint density at radius 2 is 1.93 bits per heavy atom. The largest absolute Gasteiger partial charge is 0.485 e. The topological polar surface area (TPSA) is 61.6 Å². The highest BCUT2D eigenvalue weighted by atomic mass is 79.9. The average molecular weight is 260 g/mol. The lowest BCUT2D eigenvalue weighted by Gasteiger charge is -2.18. The van der Waals surface area contributed by atoms with Gasteiger partial charge in [-0.1, -0.05) is 0 Å². The Kier molecular flexibility index (Phi) is 2.28. The summed E-state index contributed by atoms with van der Waals surface area (Å²) in [6, 6.07) is 2.96. The van der Waals surface area contributed by atoms with Gasteiger partial charge in [0.1, 0.15) is 13.2 Å². The molecule has 0 saturated carbocycles. The van der Waals surface area contributed by atoms with Gasteiger partial charge in [0.2, 0.25) is 5.75 Å². The van der Waals surface area contributed by atoms with Gasteiger partial charge in [-0.15, -0.1) is 0 Å². The number of ether oxygens (including phenoxy) is 2. The van der Waals surface area contributed by atoms with Crippen molar-refractivity contribution in [3.63, 3.8) is 0 Å². The molecular weight excluding hydrogens is 254 g/mol. The minimum absolute atomic E-state index is 0.0668. The molecule has 14 heavy (non-hydrogen) atoms. The summed E-state index contributed by atoms with van der Waals surface area (Å²) >= 11 is 3.24. The van der Waals surface area contributed by atoms with Crippen LogP contribution in [0.25, 0.3) is 0 Å². The Hall–Kier alpha value is -1.30. The van der Waals surface area contributed by atoms with Crippen LogP contribution in [-0.4, -0.2) is 18.1 Å². The monoisotopic (exact) mass is 259 g/mol. The van der Waals surface area contributed by atoms with Crippen LogP contribution >= 0.6 is 15.9 Å². The Morgan fingerprint density at radius 3 is 2.57 bits per heavy atom. The summed E-state index contributed by atoms with van der Waals surface area (Å²) in [4.78, 5) is 10.2. The number of nitrogens with zero attached hydrogens (tertiary/aromatic N) is 1. The molecule has 6 heteroatoms. The van der Waals surface area contributed by atoms with Gasteiger partial charge in [0.05, 0.1) is 9.40 Å². The molecule has 1 heterocycles. The maximum Gasteiger partial charge on any atom is 0.314 e. The maximum absolute atomic E-state index is 10.6. The maximum atomic E-state index is 10.6. The molecule has 1 aromatic rings. The van der Waals surface area contributed by atoms with E-state index in [2.05, 4.69) is 15.9 Å². The molecule has 0 atom stereocenters. The standard InChI is InChI=1S/C8H6BrNO4/c9-5-1-2-6(10(11)12)8-7(5)13-3-4-14-8/h1-2H,3-4H2. The lowest BCUT2D eigenvalue weighted by Crippen LogP contribution is -2.16. The summed E-state index contributed by atoms with van der Waals surface area (Å²) in [6.45, 7) is 0.747. The van der Waals surface area contributed by atoms with E-state index in [0.717, 1.165) is 0 Å². The highest BCUT2D eigenvalue weighted by Gasteiger charge is 2.25. The SMILES string of the molecule is O=[N+]([O-])c1ccc(Br)c2c1OCCO2. The van der Waals surface area contributed by atoms with E-state index in [4.69, 9.17) is 9.47 Å². The molecule has 0 fully saturated rings. The summed E-state index contributed by atoms with van der Waals surface area (Å²) < 4.78 is 11.1. The van der Waals surface area contributed by atoms with Gasteiger partial charge in [-0.05, 0) is 22.0 Å². The van der Waals surface area contributed by atoms with E-state index in [1.54, 1.807) is 6.07 Å². The molecule has 0 aliphatic carbocycles. The third-order valence-corrected chi connectivity index (χ3v) is 2.44. The molecule has 0 radical (unpaired) electrons. The Morgan fingerprint density at radius 1 is 1.29 bits per heavy atom. The van der Waals surface area contributed by atoms with Crippen LogP contribution in [0.1, 0.15) is 0 Å². The second-order valence-corrected chi connectivity index (χ2v) is 3.53. The van der Waals surface area contributed by atoms with Crippen LogP contribution in [0.3, 0.4) is 0 Å². The molecule has 0 unspecified atom stereocenters. The zero-order chi connectivity index (χ0) is 10.1. The molecule has 0 saturated heterocycles. The molecule has 1 aromatic carbocycles. The van der Waals surface area contributed by atoms with Gasteiger partial charge in [-0.3, -0.25) is 10.1 Å². The predicted octanol–water partition coefficient (Wildman–Crippen LogP) is 2.13. The zero-order valence-electron chi connectivity index (χ0n) is 7.03. The van der Waals surface area contributed by atoms with Gasteiger partial charge >= 0.3 is 5.69 Å². The normalized spacial score (nSPS) is 13.8. The molecule has 1 aliphatic rings. The van der Waals surface area contributed by atoms with Gasteiger partial charge in [-0.2, -0.15) is 0 Å². The molecule has 74 valence electrons. The molecule has 0 amide bonds. The molecular formula is C8H6BrNO4. The molecule has 2 rings (SSSR count). The zero-order valence-corrected chi connectivity index (χ0v) is 8.61. The van der Waals surface area contributed by atoms with Gasteiger partial charge in [-0.25, -0.2) is 0 Å². The smallest absolute Gasteiger partial charge is 0.314 e. The van der Waals surface area contributed by atoms with E-state index in [0.29, 0.717) is 23.4 Å². The van der Waals surface area contributed by atoms with E-state index in [9.17, 15) is 10.1 Å². The van der Waals surface area contributed by atoms with Crippen LogP contribution in [-0.2, 0) is 0 Å². The van der Waals surface area contributed by atoms with Crippen molar-refractivity contribution in [2.75, 3.05) is 13.2 Å². The fourth-order valence-corrected chi connectivity index (χ4v) is 1.66. The van der Waals surface area contributed by atoms with E-state index in [1.807, 2.05) is 0 Å². The van der Waals surface area contributed by atoms with Crippen LogP contribution in [0.5, 0.6) is 11.5 Å². The number of nitro groups is 1. The first-order chi connectivity index (χ1) is 6.70. The number of benzene rings is 1. The van der Waals surface area contributed by atoms with Crippen molar-refractivity contribution >= 4 is 21.6 Å². The Labute approximate surface area is 87.9 Å². The number of hydrogen-bond acceptors (Lipinski definition) is 4. The van der Waals surface area contributed by atoms with Crippen molar-refractivity contribution in [1.82, 2.24) is 0 Å². The van der Waals surface area contributed by atoms with Gasteiger partial charge in [0.25, 0.3) is 0 Å². The number of nitro benzene ring substituents is 1. The van der Waals surface area contributed by atoms with E-state index in [1.165, 1.54) is 6.07 Å². The second-order valence-electron chi connectivity index (χ2n) is 2.68. The van der Waals surface area contributed by atoms with Gasteiger partial charge in [0.15, 0.2) is 5.75 Å². The quantitative estimate of drug-likeness (QED) is 0.573. The molecule has 0 N–H and O–H groups in total. The van der Waals surface area contributed by atoms with Crippen LogP contribution in [0.4, 0.5) is 5.69 Å². The van der Waals surface area contributed by atoms with Crippen LogP contribution in [0.15, 0.2) is 16.6 Å². The van der Waals surface area contributed by atoms with Gasteiger partial charge in [0, 0.05) is 6.07 Å². The lowest BCUT2D eigenvalue weighted by atomic mass is 10.2.